The van der Waals surface area contributed by atoms with E-state index in [0.717, 1.165) is 6.42 Å². The van der Waals surface area contributed by atoms with Gasteiger partial charge in [-0.2, -0.15) is 0 Å². The van der Waals surface area contributed by atoms with Gasteiger partial charge in [0.2, 0.25) is 15.9 Å². The van der Waals surface area contributed by atoms with Crippen LogP contribution in [0.5, 0.6) is 0 Å². The summed E-state index contributed by atoms with van der Waals surface area (Å²) in [6.45, 7) is 6.21. The summed E-state index contributed by atoms with van der Waals surface area (Å²) in [5.41, 5.74) is 0.447. The highest BCUT2D eigenvalue weighted by Crippen LogP contribution is 2.19. The second kappa shape index (κ2) is 7.75. The lowest BCUT2D eigenvalue weighted by atomic mass is 9.95. The zero-order valence-corrected chi connectivity index (χ0v) is 16.5. The van der Waals surface area contributed by atoms with Crippen LogP contribution in [-0.4, -0.2) is 49.9 Å². The molecular formula is C18H27N3O4S. The van der Waals surface area contributed by atoms with Crippen molar-refractivity contribution >= 4 is 27.5 Å². The molecule has 1 saturated heterocycles. The highest BCUT2D eigenvalue weighted by atomic mass is 32.2. The monoisotopic (exact) mass is 381 g/mol. The Bertz CT molecular complexity index is 784. The van der Waals surface area contributed by atoms with Crippen LogP contribution in [0, 0.1) is 5.41 Å². The van der Waals surface area contributed by atoms with Crippen molar-refractivity contribution in [3.05, 3.63) is 29.8 Å². The number of sulfonamides is 1. The molecule has 1 aromatic carbocycles. The zero-order chi connectivity index (χ0) is 19.5. The second-order valence-corrected chi connectivity index (χ2v) is 9.70. The van der Waals surface area contributed by atoms with Gasteiger partial charge in [-0.3, -0.25) is 9.59 Å². The van der Waals surface area contributed by atoms with E-state index < -0.39 is 15.4 Å². The lowest BCUT2D eigenvalue weighted by Gasteiger charge is -2.31. The van der Waals surface area contributed by atoms with Gasteiger partial charge in [0.05, 0.1) is 6.26 Å². The summed E-state index contributed by atoms with van der Waals surface area (Å²) in [6.07, 6.45) is 2.62. The maximum atomic E-state index is 12.5. The van der Waals surface area contributed by atoms with Gasteiger partial charge >= 0.3 is 0 Å². The molecule has 7 nitrogen and oxygen atoms in total. The number of amides is 2. The van der Waals surface area contributed by atoms with E-state index in [-0.39, 0.29) is 24.4 Å². The van der Waals surface area contributed by atoms with E-state index in [1.807, 2.05) is 20.8 Å². The number of carbonyl (C=O) groups excluding carboxylic acids is 2. The molecule has 1 unspecified atom stereocenters. The SMILES string of the molecule is CC(C)(C)C(=O)Nc1cccc(C(=O)NC2CCCN(S(C)(=O)=O)C2)c1. The molecule has 1 aromatic rings. The van der Waals surface area contributed by atoms with Crippen molar-refractivity contribution in [1.82, 2.24) is 9.62 Å². The number of carbonyl (C=O) groups is 2. The van der Waals surface area contributed by atoms with Gasteiger partial charge in [0.15, 0.2) is 0 Å². The van der Waals surface area contributed by atoms with Crippen molar-refractivity contribution in [3.63, 3.8) is 0 Å². The molecule has 0 spiro atoms. The van der Waals surface area contributed by atoms with Crippen molar-refractivity contribution in [3.8, 4) is 0 Å². The van der Waals surface area contributed by atoms with Crippen LogP contribution in [0.4, 0.5) is 5.69 Å². The number of rotatable bonds is 4. The van der Waals surface area contributed by atoms with Crippen LogP contribution in [0.1, 0.15) is 44.0 Å². The number of hydrogen-bond donors (Lipinski definition) is 2. The fraction of sp³-hybridized carbons (Fsp3) is 0.556. The van der Waals surface area contributed by atoms with E-state index in [1.165, 1.54) is 10.6 Å². The molecule has 144 valence electrons. The summed E-state index contributed by atoms with van der Waals surface area (Å²) >= 11 is 0. The first-order valence-electron chi connectivity index (χ1n) is 8.64. The standard InChI is InChI=1S/C18H27N3O4S/c1-18(2,3)17(23)20-14-8-5-7-13(11-14)16(22)19-15-9-6-10-21(12-15)26(4,24)25/h5,7-8,11,15H,6,9-10,12H2,1-4H3,(H,19,22)(H,20,23). The first kappa shape index (κ1) is 20.4. The third kappa shape index (κ3) is 5.54. The van der Waals surface area contributed by atoms with Crippen LogP contribution < -0.4 is 10.6 Å². The molecule has 1 fully saturated rings. The predicted octanol–water partition coefficient (Wildman–Crippen LogP) is 1.82. The van der Waals surface area contributed by atoms with Crippen molar-refractivity contribution < 1.29 is 18.0 Å². The predicted molar refractivity (Wildman–Crippen MR) is 101 cm³/mol. The minimum atomic E-state index is -3.26. The smallest absolute Gasteiger partial charge is 0.251 e. The molecule has 0 radical (unpaired) electrons. The Balaban J connectivity index is 2.04. The summed E-state index contributed by atoms with van der Waals surface area (Å²) in [5.74, 6) is -0.414. The maximum absolute atomic E-state index is 12.5. The number of hydrogen-bond acceptors (Lipinski definition) is 4. The minimum Gasteiger partial charge on any atom is -0.348 e. The van der Waals surface area contributed by atoms with E-state index in [9.17, 15) is 18.0 Å². The van der Waals surface area contributed by atoms with E-state index in [1.54, 1.807) is 24.3 Å². The average molecular weight is 381 g/mol. The summed E-state index contributed by atoms with van der Waals surface area (Å²) < 4.78 is 24.8. The molecule has 0 bridgehead atoms. The number of nitrogens with one attached hydrogen (secondary N) is 2. The highest BCUT2D eigenvalue weighted by molar-refractivity contribution is 7.88. The number of piperidine rings is 1. The average Bonchev–Trinajstić information content (AvgIpc) is 2.53. The van der Waals surface area contributed by atoms with Crippen LogP contribution in [0.25, 0.3) is 0 Å². The van der Waals surface area contributed by atoms with Crippen molar-refractivity contribution in [2.75, 3.05) is 24.7 Å². The number of benzene rings is 1. The van der Waals surface area contributed by atoms with Gasteiger partial charge in [-0.15, -0.1) is 0 Å². The Kier molecular flexibility index (Phi) is 6.08. The molecule has 0 aromatic heterocycles. The Hall–Kier alpha value is -1.93. The minimum absolute atomic E-state index is 0.133. The third-order valence-corrected chi connectivity index (χ3v) is 5.52. The molecule has 0 aliphatic carbocycles. The number of anilines is 1. The van der Waals surface area contributed by atoms with Crippen LogP contribution in [0.2, 0.25) is 0 Å². The lowest BCUT2D eigenvalue weighted by Crippen LogP contribution is -2.49. The van der Waals surface area contributed by atoms with Crippen LogP contribution in [-0.2, 0) is 14.8 Å². The summed E-state index contributed by atoms with van der Waals surface area (Å²) in [4.78, 5) is 24.6. The van der Waals surface area contributed by atoms with Gasteiger partial charge < -0.3 is 10.6 Å². The molecule has 2 amide bonds. The molecule has 1 atom stereocenters. The van der Waals surface area contributed by atoms with Gasteiger partial charge in [0, 0.05) is 35.8 Å². The van der Waals surface area contributed by atoms with Crippen molar-refractivity contribution in [2.24, 2.45) is 5.41 Å². The molecule has 26 heavy (non-hydrogen) atoms. The zero-order valence-electron chi connectivity index (χ0n) is 15.7. The Morgan fingerprint density at radius 1 is 1.23 bits per heavy atom. The third-order valence-electron chi connectivity index (χ3n) is 4.25. The molecular weight excluding hydrogens is 354 g/mol. The second-order valence-electron chi connectivity index (χ2n) is 7.72. The molecule has 2 rings (SSSR count). The molecule has 0 saturated carbocycles. The first-order chi connectivity index (χ1) is 12.0. The summed E-state index contributed by atoms with van der Waals surface area (Å²) in [5, 5.41) is 5.69. The van der Waals surface area contributed by atoms with Gasteiger partial charge in [0.25, 0.3) is 5.91 Å². The summed E-state index contributed by atoms with van der Waals surface area (Å²) in [6, 6.07) is 6.50. The van der Waals surface area contributed by atoms with Gasteiger partial charge in [0.1, 0.15) is 0 Å². The quantitative estimate of drug-likeness (QED) is 0.832. The molecule has 2 N–H and O–H groups in total. The van der Waals surface area contributed by atoms with Crippen LogP contribution in [0.3, 0.4) is 0 Å². The molecule has 1 heterocycles. The van der Waals surface area contributed by atoms with Crippen LogP contribution >= 0.6 is 0 Å². The lowest BCUT2D eigenvalue weighted by molar-refractivity contribution is -0.123. The topological polar surface area (TPSA) is 95.6 Å². The maximum Gasteiger partial charge on any atom is 0.251 e. The van der Waals surface area contributed by atoms with E-state index >= 15 is 0 Å². The molecule has 1 aliphatic heterocycles. The normalized spacial score (nSPS) is 19.0. The van der Waals surface area contributed by atoms with Gasteiger partial charge in [-0.05, 0) is 31.0 Å². The van der Waals surface area contributed by atoms with Crippen molar-refractivity contribution in [2.45, 2.75) is 39.7 Å². The Morgan fingerprint density at radius 3 is 2.54 bits per heavy atom. The summed E-state index contributed by atoms with van der Waals surface area (Å²) in [7, 11) is -3.26. The fourth-order valence-electron chi connectivity index (χ4n) is 2.69. The van der Waals surface area contributed by atoms with E-state index in [2.05, 4.69) is 10.6 Å². The molecule has 8 heteroatoms. The van der Waals surface area contributed by atoms with Crippen LogP contribution in [0.15, 0.2) is 24.3 Å². The molecule has 1 aliphatic rings. The van der Waals surface area contributed by atoms with E-state index in [4.69, 9.17) is 0 Å². The Morgan fingerprint density at radius 2 is 1.92 bits per heavy atom. The van der Waals surface area contributed by atoms with E-state index in [0.29, 0.717) is 24.2 Å². The first-order valence-corrected chi connectivity index (χ1v) is 10.5. The highest BCUT2D eigenvalue weighted by Gasteiger charge is 2.27. The fourth-order valence-corrected chi connectivity index (χ4v) is 3.60. The largest absolute Gasteiger partial charge is 0.348 e. The van der Waals surface area contributed by atoms with Gasteiger partial charge in [-0.1, -0.05) is 26.8 Å². The van der Waals surface area contributed by atoms with Crippen molar-refractivity contribution in [1.29, 1.82) is 0 Å². The Labute approximate surface area is 155 Å². The number of nitrogens with zero attached hydrogens (tertiary/aromatic N) is 1. The van der Waals surface area contributed by atoms with Gasteiger partial charge in [-0.25, -0.2) is 12.7 Å².